The lowest BCUT2D eigenvalue weighted by molar-refractivity contribution is -0.138. The fourth-order valence-electron chi connectivity index (χ4n) is 1.41. The number of carbonyl (C=O) groups is 5. The van der Waals surface area contributed by atoms with E-state index in [2.05, 4.69) is 10.6 Å². The van der Waals surface area contributed by atoms with Crippen molar-refractivity contribution >= 4 is 29.7 Å². The van der Waals surface area contributed by atoms with E-state index >= 15 is 0 Å². The highest BCUT2D eigenvalue weighted by molar-refractivity contribution is 5.92. The Bertz CT molecular complexity index is 495. The Kier molecular flexibility index (Phi) is 9.67. The smallest absolute Gasteiger partial charge is 0.322 e. The van der Waals surface area contributed by atoms with Gasteiger partial charge in [-0.1, -0.05) is 0 Å². The number of amides is 3. The van der Waals surface area contributed by atoms with Crippen LogP contribution < -0.4 is 21.7 Å². The maximum Gasteiger partial charge on any atom is 0.322 e. The summed E-state index contributed by atoms with van der Waals surface area (Å²) in [5.74, 6) is -4.89. The fraction of sp³-hybridized carbons (Fsp3) is 0.583. The van der Waals surface area contributed by atoms with E-state index in [4.69, 9.17) is 21.1 Å². The first-order valence-corrected chi connectivity index (χ1v) is 6.82. The molecule has 0 heterocycles. The van der Waals surface area contributed by atoms with Gasteiger partial charge in [-0.3, -0.25) is 24.0 Å². The topological polar surface area (TPSA) is 208 Å². The molecule has 0 aromatic carbocycles. The number of aliphatic carboxylic acids is 2. The number of carboxylic acid groups (broad SMARTS) is 2. The first-order valence-electron chi connectivity index (χ1n) is 6.82. The highest BCUT2D eigenvalue weighted by atomic mass is 16.4. The molecule has 8 N–H and O–H groups in total. The Morgan fingerprint density at radius 1 is 0.917 bits per heavy atom. The summed E-state index contributed by atoms with van der Waals surface area (Å²) in [4.78, 5) is 55.3. The molecule has 0 radical (unpaired) electrons. The van der Waals surface area contributed by atoms with Gasteiger partial charge < -0.3 is 37.0 Å². The quantitative estimate of drug-likeness (QED) is 0.193. The van der Waals surface area contributed by atoms with Crippen molar-refractivity contribution in [2.75, 3.05) is 19.7 Å². The van der Waals surface area contributed by atoms with Crippen molar-refractivity contribution in [2.24, 2.45) is 5.73 Å². The van der Waals surface area contributed by atoms with Crippen LogP contribution in [-0.4, -0.2) is 76.8 Å². The maximum absolute atomic E-state index is 11.7. The van der Waals surface area contributed by atoms with Gasteiger partial charge in [-0.2, -0.15) is 0 Å². The van der Waals surface area contributed by atoms with Crippen molar-refractivity contribution in [3.05, 3.63) is 0 Å². The summed E-state index contributed by atoms with van der Waals surface area (Å²) in [5.41, 5.74) is 5.45. The maximum atomic E-state index is 11.7. The first kappa shape index (κ1) is 21.3. The number of hydrogen-bond acceptors (Lipinski definition) is 7. The predicted molar refractivity (Wildman–Crippen MR) is 77.5 cm³/mol. The number of aliphatic hydroxyl groups excluding tert-OH is 1. The van der Waals surface area contributed by atoms with E-state index in [0.29, 0.717) is 0 Å². The third-order valence-corrected chi connectivity index (χ3v) is 2.68. The molecule has 0 aliphatic rings. The summed E-state index contributed by atoms with van der Waals surface area (Å²) in [6.07, 6.45) is -0.493. The Morgan fingerprint density at radius 2 is 1.54 bits per heavy atom. The largest absolute Gasteiger partial charge is 0.481 e. The number of hydrogen-bond donors (Lipinski definition) is 7. The number of aliphatic hydroxyl groups is 1. The lowest BCUT2D eigenvalue weighted by Gasteiger charge is -2.18. The van der Waals surface area contributed by atoms with Gasteiger partial charge in [0.15, 0.2) is 0 Å². The molecule has 136 valence electrons. The second-order valence-corrected chi connectivity index (χ2v) is 4.67. The van der Waals surface area contributed by atoms with Gasteiger partial charge in [0.25, 0.3) is 0 Å². The Hall–Kier alpha value is -2.73. The van der Waals surface area contributed by atoms with E-state index in [1.54, 1.807) is 0 Å². The molecule has 0 aromatic rings. The molecule has 0 aromatic heterocycles. The van der Waals surface area contributed by atoms with Crippen molar-refractivity contribution in [1.82, 2.24) is 16.0 Å². The van der Waals surface area contributed by atoms with E-state index in [0.717, 1.165) is 0 Å². The number of nitrogens with one attached hydrogen (secondary N) is 3. The van der Waals surface area contributed by atoms with E-state index in [1.807, 2.05) is 5.32 Å². The Morgan fingerprint density at radius 3 is 2.04 bits per heavy atom. The number of carboxylic acids is 2. The third kappa shape index (κ3) is 9.32. The summed E-state index contributed by atoms with van der Waals surface area (Å²) < 4.78 is 0. The Balaban J connectivity index is 4.33. The van der Waals surface area contributed by atoms with Crippen molar-refractivity contribution in [3.8, 4) is 0 Å². The summed E-state index contributed by atoms with van der Waals surface area (Å²) in [6.45, 7) is -1.95. The van der Waals surface area contributed by atoms with Crippen LogP contribution in [0.2, 0.25) is 0 Å². The first-order chi connectivity index (χ1) is 11.2. The van der Waals surface area contributed by atoms with Crippen LogP contribution >= 0.6 is 0 Å². The lowest BCUT2D eigenvalue weighted by atomic mass is 10.1. The Labute approximate surface area is 136 Å². The normalized spacial score (nSPS) is 12.6. The molecule has 0 bridgehead atoms. The van der Waals surface area contributed by atoms with Gasteiger partial charge in [0.1, 0.15) is 12.6 Å². The van der Waals surface area contributed by atoms with Gasteiger partial charge in [-0.05, 0) is 6.42 Å². The highest BCUT2D eigenvalue weighted by Crippen LogP contribution is 1.96. The van der Waals surface area contributed by atoms with Gasteiger partial charge in [-0.25, -0.2) is 0 Å². The fourth-order valence-corrected chi connectivity index (χ4v) is 1.41. The van der Waals surface area contributed by atoms with Crippen molar-refractivity contribution in [1.29, 1.82) is 0 Å². The van der Waals surface area contributed by atoms with Crippen LogP contribution in [0.1, 0.15) is 12.8 Å². The monoisotopic (exact) mass is 348 g/mol. The molecule has 0 unspecified atom stereocenters. The molecule has 3 amide bonds. The molecule has 0 aliphatic carbocycles. The number of rotatable bonds is 11. The predicted octanol–water partition coefficient (Wildman–Crippen LogP) is -4.03. The van der Waals surface area contributed by atoms with Gasteiger partial charge in [0, 0.05) is 6.42 Å². The lowest BCUT2D eigenvalue weighted by Crippen LogP contribution is -2.54. The second-order valence-electron chi connectivity index (χ2n) is 4.67. The summed E-state index contributed by atoms with van der Waals surface area (Å²) in [6, 6.07) is -2.57. The van der Waals surface area contributed by atoms with Crippen LogP contribution in [0.15, 0.2) is 0 Å². The number of carbonyl (C=O) groups excluding carboxylic acids is 3. The van der Waals surface area contributed by atoms with E-state index in [9.17, 15) is 24.0 Å². The average Bonchev–Trinajstić information content (AvgIpc) is 2.52. The van der Waals surface area contributed by atoms with E-state index in [1.165, 1.54) is 0 Å². The molecule has 12 heteroatoms. The van der Waals surface area contributed by atoms with E-state index < -0.39 is 61.4 Å². The minimum atomic E-state index is -1.39. The highest BCUT2D eigenvalue weighted by Gasteiger charge is 2.23. The molecule has 0 fully saturated rings. The second kappa shape index (κ2) is 10.9. The van der Waals surface area contributed by atoms with Crippen LogP contribution in [0.3, 0.4) is 0 Å². The molecule has 0 saturated carbocycles. The van der Waals surface area contributed by atoms with Crippen molar-refractivity contribution < 1.29 is 39.3 Å². The molecule has 12 nitrogen and oxygen atoms in total. The van der Waals surface area contributed by atoms with Crippen LogP contribution in [0.5, 0.6) is 0 Å². The van der Waals surface area contributed by atoms with Crippen molar-refractivity contribution in [2.45, 2.75) is 24.9 Å². The molecule has 24 heavy (non-hydrogen) atoms. The zero-order valence-corrected chi connectivity index (χ0v) is 12.7. The minimum Gasteiger partial charge on any atom is -0.481 e. The van der Waals surface area contributed by atoms with Gasteiger partial charge in [-0.15, -0.1) is 0 Å². The van der Waals surface area contributed by atoms with Gasteiger partial charge >= 0.3 is 11.9 Å². The minimum absolute atomic E-state index is 0.154. The van der Waals surface area contributed by atoms with Crippen LogP contribution in [-0.2, 0) is 24.0 Å². The third-order valence-electron chi connectivity index (χ3n) is 2.68. The average molecular weight is 348 g/mol. The molecule has 0 spiro atoms. The zero-order valence-electron chi connectivity index (χ0n) is 12.7. The summed E-state index contributed by atoms with van der Waals surface area (Å²) >= 11 is 0. The summed E-state index contributed by atoms with van der Waals surface area (Å²) in [7, 11) is 0. The van der Waals surface area contributed by atoms with Crippen molar-refractivity contribution in [3.63, 3.8) is 0 Å². The van der Waals surface area contributed by atoms with Gasteiger partial charge in [0.05, 0.1) is 19.2 Å². The van der Waals surface area contributed by atoms with Gasteiger partial charge in [0.2, 0.25) is 17.7 Å². The number of nitrogens with two attached hydrogens (primary N) is 1. The van der Waals surface area contributed by atoms with Crippen LogP contribution in [0.4, 0.5) is 0 Å². The summed E-state index contributed by atoms with van der Waals surface area (Å²) in [5, 5.41) is 32.2. The standard InChI is InChI=1S/C12H20N4O8/c13-6(1-2-9(19)20)11(23)16-7(5-17)12(24)15-3-8(18)14-4-10(21)22/h6-7,17H,1-5,13H2,(H,14,18)(H,15,24)(H,16,23)(H,19,20)(H,21,22)/t6-,7-/m0/s1. The van der Waals surface area contributed by atoms with Crippen LogP contribution in [0.25, 0.3) is 0 Å². The molecule has 0 saturated heterocycles. The van der Waals surface area contributed by atoms with E-state index in [-0.39, 0.29) is 12.8 Å². The molecule has 0 aliphatic heterocycles. The molecule has 0 rings (SSSR count). The molecular formula is C12H20N4O8. The molecule has 2 atom stereocenters. The molecular weight excluding hydrogens is 328 g/mol. The van der Waals surface area contributed by atoms with Crippen LogP contribution in [0, 0.1) is 0 Å². The zero-order chi connectivity index (χ0) is 18.7. The SMILES string of the molecule is N[C@@H](CCC(=O)O)C(=O)N[C@@H](CO)C(=O)NCC(=O)NCC(=O)O.